The zero-order valence-corrected chi connectivity index (χ0v) is 11.6. The monoisotopic (exact) mass is 274 g/mol. The van der Waals surface area contributed by atoms with Crippen LogP contribution in [0.3, 0.4) is 0 Å². The second-order valence-electron chi connectivity index (χ2n) is 4.44. The van der Waals surface area contributed by atoms with Crippen LogP contribution in [0.5, 0.6) is 0 Å². The Morgan fingerprint density at radius 2 is 2.00 bits per heavy atom. The molecule has 1 aromatic carbocycles. The number of primary amides is 1. The molecule has 0 unspecified atom stereocenters. The second kappa shape index (κ2) is 7.14. The molecule has 1 rings (SSSR count). The van der Waals surface area contributed by atoms with Crippen LogP contribution in [0.1, 0.15) is 24.2 Å². The van der Waals surface area contributed by atoms with Crippen LogP contribution in [0.2, 0.25) is 0 Å². The van der Waals surface area contributed by atoms with Gasteiger partial charge in [0, 0.05) is 24.3 Å². The van der Waals surface area contributed by atoms with E-state index in [1.54, 1.807) is 36.1 Å². The van der Waals surface area contributed by atoms with Crippen molar-refractivity contribution in [3.8, 4) is 6.07 Å². The first-order valence-corrected chi connectivity index (χ1v) is 6.33. The van der Waals surface area contributed by atoms with E-state index in [-0.39, 0.29) is 11.9 Å². The number of hydrogen-bond donors (Lipinski definition) is 2. The summed E-state index contributed by atoms with van der Waals surface area (Å²) in [5, 5.41) is 11.5. The Bertz CT molecular complexity index is 519. The van der Waals surface area contributed by atoms with E-state index in [0.29, 0.717) is 24.3 Å². The maximum Gasteiger partial charge on any atom is 0.321 e. The highest BCUT2D eigenvalue weighted by Gasteiger charge is 2.14. The molecule has 3 N–H and O–H groups in total. The molecule has 0 aliphatic carbocycles. The minimum absolute atomic E-state index is 0.224. The van der Waals surface area contributed by atoms with Crippen LogP contribution in [0, 0.1) is 17.2 Å². The van der Waals surface area contributed by atoms with Crippen LogP contribution in [0.4, 0.5) is 10.5 Å². The Morgan fingerprint density at radius 3 is 2.45 bits per heavy atom. The summed E-state index contributed by atoms with van der Waals surface area (Å²) < 4.78 is 0. The number of carbonyl (C=O) groups is 2. The Hall–Kier alpha value is -2.55. The van der Waals surface area contributed by atoms with Gasteiger partial charge in [-0.15, -0.1) is 0 Å². The van der Waals surface area contributed by atoms with E-state index in [2.05, 4.69) is 11.4 Å². The Labute approximate surface area is 118 Å². The van der Waals surface area contributed by atoms with Gasteiger partial charge in [-0.2, -0.15) is 5.26 Å². The largest absolute Gasteiger partial charge is 0.366 e. The molecule has 0 radical (unpaired) electrons. The molecule has 0 heterocycles. The van der Waals surface area contributed by atoms with Crippen molar-refractivity contribution >= 4 is 17.6 Å². The van der Waals surface area contributed by atoms with Crippen LogP contribution in [-0.4, -0.2) is 29.9 Å². The molecule has 0 bridgehead atoms. The van der Waals surface area contributed by atoms with Crippen LogP contribution < -0.4 is 11.1 Å². The molecule has 0 saturated carbocycles. The lowest BCUT2D eigenvalue weighted by atomic mass is 10.2. The summed E-state index contributed by atoms with van der Waals surface area (Å²) in [7, 11) is 0. The van der Waals surface area contributed by atoms with Gasteiger partial charge in [0.15, 0.2) is 0 Å². The Kier molecular flexibility index (Phi) is 5.54. The molecule has 1 atom stereocenters. The summed E-state index contributed by atoms with van der Waals surface area (Å²) >= 11 is 0. The quantitative estimate of drug-likeness (QED) is 0.856. The Balaban J connectivity index is 2.69. The number of nitrogens with zero attached hydrogens (tertiary/aromatic N) is 2. The average molecular weight is 274 g/mol. The average Bonchev–Trinajstić information content (AvgIpc) is 2.44. The molecule has 106 valence electrons. The number of benzene rings is 1. The predicted octanol–water partition coefficient (Wildman–Crippen LogP) is 1.80. The van der Waals surface area contributed by atoms with Crippen LogP contribution in [0.15, 0.2) is 24.3 Å². The second-order valence-corrected chi connectivity index (χ2v) is 4.44. The topological polar surface area (TPSA) is 99.2 Å². The van der Waals surface area contributed by atoms with Gasteiger partial charge in [0.2, 0.25) is 5.91 Å². The third kappa shape index (κ3) is 4.28. The lowest BCUT2D eigenvalue weighted by Crippen LogP contribution is -2.37. The zero-order chi connectivity index (χ0) is 15.1. The van der Waals surface area contributed by atoms with E-state index < -0.39 is 5.91 Å². The van der Waals surface area contributed by atoms with Crippen molar-refractivity contribution in [3.63, 3.8) is 0 Å². The van der Waals surface area contributed by atoms with Crippen molar-refractivity contribution in [1.29, 1.82) is 5.26 Å². The van der Waals surface area contributed by atoms with Gasteiger partial charge in [-0.3, -0.25) is 4.79 Å². The summed E-state index contributed by atoms with van der Waals surface area (Å²) in [6.45, 7) is 4.49. The zero-order valence-electron chi connectivity index (χ0n) is 11.6. The summed E-state index contributed by atoms with van der Waals surface area (Å²) in [5.41, 5.74) is 6.09. The van der Waals surface area contributed by atoms with Crippen molar-refractivity contribution in [2.24, 2.45) is 11.7 Å². The minimum Gasteiger partial charge on any atom is -0.366 e. The van der Waals surface area contributed by atoms with Crippen molar-refractivity contribution in [2.75, 3.05) is 18.4 Å². The number of nitrogens with one attached hydrogen (secondary N) is 1. The maximum atomic E-state index is 12.0. The van der Waals surface area contributed by atoms with Gasteiger partial charge in [-0.05, 0) is 38.1 Å². The molecular formula is C14H18N4O2. The van der Waals surface area contributed by atoms with Gasteiger partial charge in [0.05, 0.1) is 12.0 Å². The van der Waals surface area contributed by atoms with E-state index >= 15 is 0 Å². The van der Waals surface area contributed by atoms with E-state index in [1.807, 2.05) is 6.92 Å². The standard InChI is InChI=1S/C14H18N4O2/c1-3-18(9-10(2)8-15)14(20)17-12-6-4-11(5-7-12)13(16)19/h4-7,10H,3,9H2,1-2H3,(H2,16,19)(H,17,20)/t10-/m0/s1. The van der Waals surface area contributed by atoms with Gasteiger partial charge in [-0.1, -0.05) is 0 Å². The summed E-state index contributed by atoms with van der Waals surface area (Å²) in [5.74, 6) is -0.737. The molecule has 3 amide bonds. The minimum atomic E-state index is -0.513. The molecule has 0 aliphatic rings. The summed E-state index contributed by atoms with van der Waals surface area (Å²) in [6, 6.07) is 8.14. The fourth-order valence-corrected chi connectivity index (χ4v) is 1.65. The highest BCUT2D eigenvalue weighted by molar-refractivity contribution is 5.94. The van der Waals surface area contributed by atoms with Gasteiger partial charge < -0.3 is 16.0 Å². The van der Waals surface area contributed by atoms with Gasteiger partial charge in [0.25, 0.3) is 0 Å². The number of urea groups is 1. The first kappa shape index (κ1) is 15.5. The molecule has 0 saturated heterocycles. The predicted molar refractivity (Wildman–Crippen MR) is 76.0 cm³/mol. The summed E-state index contributed by atoms with van der Waals surface area (Å²) in [4.78, 5) is 24.5. The lowest BCUT2D eigenvalue weighted by Gasteiger charge is -2.22. The van der Waals surface area contributed by atoms with Crippen LogP contribution in [0.25, 0.3) is 0 Å². The molecular weight excluding hydrogens is 256 g/mol. The normalized spacial score (nSPS) is 11.2. The fraction of sp³-hybridized carbons (Fsp3) is 0.357. The molecule has 0 aromatic heterocycles. The molecule has 1 aromatic rings. The third-order valence-electron chi connectivity index (χ3n) is 2.80. The van der Waals surface area contributed by atoms with Gasteiger partial charge >= 0.3 is 6.03 Å². The smallest absolute Gasteiger partial charge is 0.321 e. The maximum absolute atomic E-state index is 12.0. The van der Waals surface area contributed by atoms with Gasteiger partial charge in [0.1, 0.15) is 0 Å². The lowest BCUT2D eigenvalue weighted by molar-refractivity contribution is 0.100. The van der Waals surface area contributed by atoms with Crippen molar-refractivity contribution in [1.82, 2.24) is 4.90 Å². The Morgan fingerprint density at radius 1 is 1.40 bits per heavy atom. The van der Waals surface area contributed by atoms with Gasteiger partial charge in [-0.25, -0.2) is 4.79 Å². The summed E-state index contributed by atoms with van der Waals surface area (Å²) in [6.07, 6.45) is 0. The molecule has 6 heteroatoms. The van der Waals surface area contributed by atoms with Crippen molar-refractivity contribution in [3.05, 3.63) is 29.8 Å². The molecule has 0 spiro atoms. The molecule has 6 nitrogen and oxygen atoms in total. The first-order valence-electron chi connectivity index (χ1n) is 6.33. The number of anilines is 1. The number of amides is 3. The number of nitriles is 1. The van der Waals surface area contributed by atoms with E-state index in [4.69, 9.17) is 11.0 Å². The molecule has 20 heavy (non-hydrogen) atoms. The molecule has 0 aliphatic heterocycles. The number of nitrogens with two attached hydrogens (primary N) is 1. The molecule has 0 fully saturated rings. The van der Waals surface area contributed by atoms with E-state index in [1.165, 1.54) is 0 Å². The van der Waals surface area contributed by atoms with Crippen LogP contribution in [-0.2, 0) is 0 Å². The van der Waals surface area contributed by atoms with Crippen molar-refractivity contribution < 1.29 is 9.59 Å². The van der Waals surface area contributed by atoms with E-state index in [9.17, 15) is 9.59 Å². The number of rotatable bonds is 5. The first-order chi connectivity index (χ1) is 9.47. The number of hydrogen-bond acceptors (Lipinski definition) is 3. The third-order valence-corrected chi connectivity index (χ3v) is 2.80. The highest BCUT2D eigenvalue weighted by Crippen LogP contribution is 2.10. The number of carbonyl (C=O) groups excluding carboxylic acids is 2. The van der Waals surface area contributed by atoms with E-state index in [0.717, 1.165) is 0 Å². The van der Waals surface area contributed by atoms with Crippen molar-refractivity contribution in [2.45, 2.75) is 13.8 Å². The highest BCUT2D eigenvalue weighted by atomic mass is 16.2. The SMILES string of the molecule is CCN(C[C@@H](C)C#N)C(=O)Nc1ccc(C(N)=O)cc1. The van der Waals surface area contributed by atoms with Crippen LogP contribution >= 0.6 is 0 Å². The fourth-order valence-electron chi connectivity index (χ4n) is 1.65.